The van der Waals surface area contributed by atoms with Gasteiger partial charge in [-0.1, -0.05) is 72.3 Å². The Bertz CT molecular complexity index is 1230. The molecule has 0 aliphatic carbocycles. The van der Waals surface area contributed by atoms with E-state index in [-0.39, 0.29) is 0 Å². The van der Waals surface area contributed by atoms with Crippen molar-refractivity contribution in [2.45, 2.75) is 6.92 Å². The molecule has 0 saturated heterocycles. The lowest BCUT2D eigenvalue weighted by atomic mass is 9.94. The van der Waals surface area contributed by atoms with Crippen LogP contribution in [0.5, 0.6) is 0 Å². The minimum atomic E-state index is 1.26. The number of fused-ring (bicyclic) bond motifs is 3. The van der Waals surface area contributed by atoms with E-state index in [0.29, 0.717) is 0 Å². The Morgan fingerprint density at radius 3 is 1.92 bits per heavy atom. The standard InChI is InChI=1S/C25H18S/c1-17-11-13-24-22(15-17)23-16-19(12-14-25(23)26-24)21-10-6-5-9-20(21)18-7-3-2-4-8-18/h2-16H,1H3. The average Bonchev–Trinajstić information content (AvgIpc) is 3.06. The minimum absolute atomic E-state index is 1.26. The first-order valence-corrected chi connectivity index (χ1v) is 9.69. The number of thiophene rings is 1. The topological polar surface area (TPSA) is 0 Å². The van der Waals surface area contributed by atoms with Crippen LogP contribution in [0.25, 0.3) is 42.4 Å². The van der Waals surface area contributed by atoms with Crippen molar-refractivity contribution < 1.29 is 0 Å². The second-order valence-electron chi connectivity index (χ2n) is 6.72. The van der Waals surface area contributed by atoms with Gasteiger partial charge in [-0.25, -0.2) is 0 Å². The zero-order valence-electron chi connectivity index (χ0n) is 14.6. The van der Waals surface area contributed by atoms with Crippen molar-refractivity contribution in [3.05, 3.63) is 96.6 Å². The van der Waals surface area contributed by atoms with Crippen molar-refractivity contribution in [1.29, 1.82) is 0 Å². The molecule has 0 nitrogen and oxygen atoms in total. The van der Waals surface area contributed by atoms with Crippen LogP contribution in [0.2, 0.25) is 0 Å². The van der Waals surface area contributed by atoms with Gasteiger partial charge >= 0.3 is 0 Å². The highest BCUT2D eigenvalue weighted by atomic mass is 32.1. The van der Waals surface area contributed by atoms with Gasteiger partial charge in [-0.05, 0) is 53.4 Å². The van der Waals surface area contributed by atoms with Crippen molar-refractivity contribution in [2.24, 2.45) is 0 Å². The molecule has 0 radical (unpaired) electrons. The Kier molecular flexibility index (Phi) is 3.62. The molecular weight excluding hydrogens is 332 g/mol. The van der Waals surface area contributed by atoms with Crippen LogP contribution < -0.4 is 0 Å². The van der Waals surface area contributed by atoms with Gasteiger partial charge in [-0.2, -0.15) is 0 Å². The summed E-state index contributed by atoms with van der Waals surface area (Å²) in [5.74, 6) is 0. The molecule has 0 amide bonds. The van der Waals surface area contributed by atoms with Gasteiger partial charge in [0.2, 0.25) is 0 Å². The lowest BCUT2D eigenvalue weighted by Crippen LogP contribution is -1.84. The van der Waals surface area contributed by atoms with Crippen LogP contribution in [0.1, 0.15) is 5.56 Å². The average molecular weight is 350 g/mol. The van der Waals surface area contributed by atoms with E-state index in [1.807, 2.05) is 11.3 Å². The summed E-state index contributed by atoms with van der Waals surface area (Å²) in [7, 11) is 0. The van der Waals surface area contributed by atoms with E-state index in [0.717, 1.165) is 0 Å². The minimum Gasteiger partial charge on any atom is -0.135 e. The molecule has 5 rings (SSSR count). The van der Waals surface area contributed by atoms with Gasteiger partial charge in [-0.15, -0.1) is 11.3 Å². The Morgan fingerprint density at radius 1 is 0.538 bits per heavy atom. The number of hydrogen-bond acceptors (Lipinski definition) is 1. The molecule has 0 spiro atoms. The number of benzene rings is 4. The monoisotopic (exact) mass is 350 g/mol. The molecule has 0 bridgehead atoms. The van der Waals surface area contributed by atoms with E-state index in [1.54, 1.807) is 0 Å². The van der Waals surface area contributed by atoms with Gasteiger partial charge in [0.05, 0.1) is 0 Å². The summed E-state index contributed by atoms with van der Waals surface area (Å²) in [4.78, 5) is 0. The SMILES string of the molecule is Cc1ccc2sc3ccc(-c4ccccc4-c4ccccc4)cc3c2c1. The summed E-state index contributed by atoms with van der Waals surface area (Å²) in [6.07, 6.45) is 0. The first kappa shape index (κ1) is 15.4. The van der Waals surface area contributed by atoms with E-state index in [2.05, 4.69) is 97.9 Å². The summed E-state index contributed by atoms with van der Waals surface area (Å²) in [6.45, 7) is 2.16. The maximum absolute atomic E-state index is 2.36. The number of rotatable bonds is 2. The van der Waals surface area contributed by atoms with Crippen LogP contribution in [0, 0.1) is 6.92 Å². The molecule has 124 valence electrons. The molecule has 1 aromatic heterocycles. The van der Waals surface area contributed by atoms with Crippen molar-refractivity contribution in [2.75, 3.05) is 0 Å². The molecule has 1 heterocycles. The fourth-order valence-corrected chi connectivity index (χ4v) is 4.73. The van der Waals surface area contributed by atoms with Gasteiger partial charge in [-0.3, -0.25) is 0 Å². The van der Waals surface area contributed by atoms with Crippen molar-refractivity contribution >= 4 is 31.5 Å². The molecule has 0 aliphatic heterocycles. The van der Waals surface area contributed by atoms with Gasteiger partial charge in [0.15, 0.2) is 0 Å². The van der Waals surface area contributed by atoms with Crippen molar-refractivity contribution in [3.8, 4) is 22.3 Å². The molecule has 0 aliphatic rings. The van der Waals surface area contributed by atoms with Gasteiger partial charge in [0.25, 0.3) is 0 Å². The quantitative estimate of drug-likeness (QED) is 0.306. The van der Waals surface area contributed by atoms with E-state index in [9.17, 15) is 0 Å². The van der Waals surface area contributed by atoms with Crippen LogP contribution in [-0.2, 0) is 0 Å². The number of hydrogen-bond donors (Lipinski definition) is 0. The van der Waals surface area contributed by atoms with E-state index in [4.69, 9.17) is 0 Å². The second-order valence-corrected chi connectivity index (χ2v) is 7.81. The second kappa shape index (κ2) is 6.12. The molecular formula is C25H18S. The van der Waals surface area contributed by atoms with Gasteiger partial charge in [0, 0.05) is 20.2 Å². The third-order valence-corrected chi connectivity index (χ3v) is 6.10. The third kappa shape index (κ3) is 2.53. The highest BCUT2D eigenvalue weighted by Gasteiger charge is 2.10. The Morgan fingerprint density at radius 2 is 1.15 bits per heavy atom. The predicted octanol–water partition coefficient (Wildman–Crippen LogP) is 7.70. The maximum Gasteiger partial charge on any atom is 0.0355 e. The molecule has 0 saturated carbocycles. The van der Waals surface area contributed by atoms with Gasteiger partial charge in [0.1, 0.15) is 0 Å². The maximum atomic E-state index is 2.36. The lowest BCUT2D eigenvalue weighted by molar-refractivity contribution is 1.52. The third-order valence-electron chi connectivity index (χ3n) is 4.95. The summed E-state index contributed by atoms with van der Waals surface area (Å²) in [6, 6.07) is 32.9. The molecule has 0 atom stereocenters. The van der Waals surface area contributed by atoms with Crippen LogP contribution in [0.4, 0.5) is 0 Å². The van der Waals surface area contributed by atoms with Crippen LogP contribution in [0.15, 0.2) is 91.0 Å². The predicted molar refractivity (Wildman–Crippen MR) is 115 cm³/mol. The van der Waals surface area contributed by atoms with Crippen molar-refractivity contribution in [3.63, 3.8) is 0 Å². The Hall–Kier alpha value is -2.90. The van der Waals surface area contributed by atoms with Crippen molar-refractivity contribution in [1.82, 2.24) is 0 Å². The lowest BCUT2D eigenvalue weighted by Gasteiger charge is -2.10. The summed E-state index contributed by atoms with van der Waals surface area (Å²) in [5.41, 5.74) is 6.41. The van der Waals surface area contributed by atoms with E-state index in [1.165, 1.54) is 48.0 Å². The van der Waals surface area contributed by atoms with E-state index < -0.39 is 0 Å². The van der Waals surface area contributed by atoms with E-state index >= 15 is 0 Å². The Labute approximate surface area is 157 Å². The highest BCUT2D eigenvalue weighted by molar-refractivity contribution is 7.25. The molecule has 26 heavy (non-hydrogen) atoms. The summed E-state index contributed by atoms with van der Waals surface area (Å²) in [5, 5.41) is 2.72. The molecule has 4 aromatic carbocycles. The largest absolute Gasteiger partial charge is 0.135 e. The normalized spacial score (nSPS) is 11.3. The molecule has 0 N–H and O–H groups in total. The summed E-state index contributed by atoms with van der Waals surface area (Å²) < 4.78 is 2.71. The van der Waals surface area contributed by atoms with Crippen LogP contribution in [-0.4, -0.2) is 0 Å². The smallest absolute Gasteiger partial charge is 0.0355 e. The molecule has 5 aromatic rings. The highest BCUT2D eigenvalue weighted by Crippen LogP contribution is 2.39. The number of aryl methyl sites for hydroxylation is 1. The first-order valence-electron chi connectivity index (χ1n) is 8.87. The van der Waals surface area contributed by atoms with Crippen LogP contribution in [0.3, 0.4) is 0 Å². The molecule has 0 unspecified atom stereocenters. The molecule has 1 heteroatoms. The van der Waals surface area contributed by atoms with Crippen LogP contribution >= 0.6 is 11.3 Å². The fourth-order valence-electron chi connectivity index (χ4n) is 3.66. The zero-order valence-corrected chi connectivity index (χ0v) is 15.4. The van der Waals surface area contributed by atoms with Gasteiger partial charge < -0.3 is 0 Å². The summed E-state index contributed by atoms with van der Waals surface area (Å²) >= 11 is 1.87. The molecule has 0 fully saturated rings. The zero-order chi connectivity index (χ0) is 17.5. The fraction of sp³-hybridized carbons (Fsp3) is 0.0400. The first-order chi connectivity index (χ1) is 12.8. The Balaban J connectivity index is 1.75.